The van der Waals surface area contributed by atoms with E-state index in [1.54, 1.807) is 82.3 Å². The molecule has 4 rings (SSSR count). The van der Waals surface area contributed by atoms with Gasteiger partial charge in [0.25, 0.3) is 5.91 Å². The zero-order chi connectivity index (χ0) is 34.0. The van der Waals surface area contributed by atoms with Gasteiger partial charge in [-0.15, -0.1) is 23.2 Å². The molecule has 2 atom stereocenters. The molecule has 2 amide bonds. The van der Waals surface area contributed by atoms with E-state index in [2.05, 4.69) is 10.6 Å². The van der Waals surface area contributed by atoms with E-state index in [0.29, 0.717) is 39.2 Å². The summed E-state index contributed by atoms with van der Waals surface area (Å²) in [4.78, 5) is 39.0. The van der Waals surface area contributed by atoms with Crippen LogP contribution in [0.4, 0.5) is 21.9 Å². The number of hydrogen-bond donors (Lipinski definition) is 2. The van der Waals surface area contributed by atoms with Gasteiger partial charge < -0.3 is 20.1 Å². The fourth-order valence-corrected chi connectivity index (χ4v) is 6.54. The van der Waals surface area contributed by atoms with E-state index in [4.69, 9.17) is 67.5 Å². The first-order valence-corrected chi connectivity index (χ1v) is 16.3. The Balaban J connectivity index is 1.45. The Kier molecular flexibility index (Phi) is 11.3. The van der Waals surface area contributed by atoms with Crippen LogP contribution in [-0.4, -0.2) is 47.6 Å². The lowest BCUT2D eigenvalue weighted by Crippen LogP contribution is -2.39. The molecule has 0 aliphatic heterocycles. The third kappa shape index (κ3) is 9.14. The molecule has 0 aromatic heterocycles. The van der Waals surface area contributed by atoms with Crippen molar-refractivity contribution in [2.24, 2.45) is 5.92 Å². The van der Waals surface area contributed by atoms with E-state index >= 15 is 0 Å². The average molecular weight is 730 g/mol. The molecule has 0 heterocycles. The van der Waals surface area contributed by atoms with Gasteiger partial charge in [-0.2, -0.15) is 0 Å². The van der Waals surface area contributed by atoms with Crippen molar-refractivity contribution in [3.63, 3.8) is 0 Å². The first-order valence-electron chi connectivity index (χ1n) is 14.4. The normalized spacial score (nSPS) is 16.7. The third-order valence-electron chi connectivity index (χ3n) is 7.19. The minimum absolute atomic E-state index is 0.0118. The highest BCUT2D eigenvalue weighted by molar-refractivity contribution is 6.52. The topological polar surface area (TPSA) is 97.0 Å². The van der Waals surface area contributed by atoms with Crippen LogP contribution in [0.1, 0.15) is 55.1 Å². The van der Waals surface area contributed by atoms with Crippen LogP contribution < -0.4 is 15.5 Å². The molecule has 8 nitrogen and oxygen atoms in total. The molecule has 1 fully saturated rings. The highest BCUT2D eigenvalue weighted by atomic mass is 35.5. The first kappa shape index (κ1) is 36.0. The molecule has 2 unspecified atom stereocenters. The van der Waals surface area contributed by atoms with E-state index in [0.717, 1.165) is 5.56 Å². The Bertz CT molecular complexity index is 1620. The van der Waals surface area contributed by atoms with Crippen molar-refractivity contribution < 1.29 is 23.9 Å². The molecule has 1 saturated carbocycles. The number of esters is 1. The van der Waals surface area contributed by atoms with Crippen LogP contribution in [0.25, 0.3) is 0 Å². The monoisotopic (exact) mass is 727 g/mol. The van der Waals surface area contributed by atoms with E-state index < -0.39 is 27.9 Å². The van der Waals surface area contributed by atoms with Crippen LogP contribution in [0.5, 0.6) is 0 Å². The van der Waals surface area contributed by atoms with E-state index in [-0.39, 0.29) is 35.6 Å². The molecule has 0 radical (unpaired) electrons. The fraction of sp³-hybridized carbons (Fsp3) is 0.364. The second kappa shape index (κ2) is 14.5. The maximum Gasteiger partial charge on any atom is 0.414 e. The molecule has 3 aromatic carbocycles. The number of hydrogen-bond acceptors (Lipinski definition) is 6. The zero-order valence-corrected chi connectivity index (χ0v) is 29.6. The molecule has 1 aliphatic rings. The number of carbonyl (C=O) groups is 3. The molecule has 0 saturated heterocycles. The predicted octanol–water partition coefficient (Wildman–Crippen LogP) is 9.51. The number of nitrogens with one attached hydrogen (secondary N) is 2. The average Bonchev–Trinajstić information content (AvgIpc) is 3.49. The van der Waals surface area contributed by atoms with Gasteiger partial charge in [-0.1, -0.05) is 34.8 Å². The lowest BCUT2D eigenvalue weighted by atomic mass is 10.1. The fourth-order valence-electron chi connectivity index (χ4n) is 4.96. The van der Waals surface area contributed by atoms with Crippen LogP contribution in [0.15, 0.2) is 54.6 Å². The van der Waals surface area contributed by atoms with Crippen molar-refractivity contribution in [3.05, 3.63) is 86.4 Å². The summed E-state index contributed by atoms with van der Waals surface area (Å²) in [5.41, 5.74) is 2.73. The van der Waals surface area contributed by atoms with Crippen LogP contribution in [0, 0.1) is 12.8 Å². The van der Waals surface area contributed by atoms with Crippen LogP contribution in [0.2, 0.25) is 15.1 Å². The van der Waals surface area contributed by atoms with Crippen LogP contribution >= 0.6 is 58.0 Å². The van der Waals surface area contributed by atoms with Gasteiger partial charge in [0, 0.05) is 52.4 Å². The minimum Gasteiger partial charge on any atom is -0.464 e. The van der Waals surface area contributed by atoms with Crippen molar-refractivity contribution in [2.45, 2.75) is 50.5 Å². The quantitative estimate of drug-likeness (QED) is 0.159. The van der Waals surface area contributed by atoms with Crippen molar-refractivity contribution in [2.75, 3.05) is 35.2 Å². The van der Waals surface area contributed by atoms with Crippen molar-refractivity contribution in [1.29, 1.82) is 0 Å². The summed E-state index contributed by atoms with van der Waals surface area (Å²) in [6, 6.07) is 15.4. The van der Waals surface area contributed by atoms with Gasteiger partial charge in [-0.05, 0) is 93.4 Å². The van der Waals surface area contributed by atoms with E-state index in [9.17, 15) is 14.4 Å². The Morgan fingerprint density at radius 3 is 2.24 bits per heavy atom. The minimum atomic E-state index is -1.00. The number of halogens is 5. The third-order valence-corrected chi connectivity index (χ3v) is 8.98. The standard InChI is InChI=1S/C33H34Cl5N3O5/c1-18-12-24(41(10-11-45-19(2)42)31(44)46-32(3,4)5)7-9-28(18)40-30(43)25-16-23(6-8-27(25)36)39-17-26-29(33(26,37)38)20-13-21(34)15-22(35)14-20/h6-9,12-16,26,29,39H,10-11,17H2,1-5H3,(H,40,43). The molecule has 0 bridgehead atoms. The molecule has 13 heteroatoms. The Morgan fingerprint density at radius 1 is 0.957 bits per heavy atom. The second-order valence-corrected chi connectivity index (χ2v) is 14.7. The molecule has 1 aliphatic carbocycles. The number of nitrogens with zero attached hydrogens (tertiary/aromatic N) is 1. The summed E-state index contributed by atoms with van der Waals surface area (Å²) in [5.74, 6) is -1.19. The Morgan fingerprint density at radius 2 is 1.63 bits per heavy atom. The lowest BCUT2D eigenvalue weighted by molar-refractivity contribution is -0.140. The van der Waals surface area contributed by atoms with Gasteiger partial charge in [-0.25, -0.2) is 4.79 Å². The maximum absolute atomic E-state index is 13.4. The smallest absolute Gasteiger partial charge is 0.414 e. The molecule has 246 valence electrons. The van der Waals surface area contributed by atoms with Gasteiger partial charge in [0.1, 0.15) is 16.5 Å². The van der Waals surface area contributed by atoms with Gasteiger partial charge in [0.2, 0.25) is 0 Å². The summed E-state index contributed by atoms with van der Waals surface area (Å²) in [5, 5.41) is 7.47. The molecular formula is C33H34Cl5N3O5. The van der Waals surface area contributed by atoms with Crippen molar-refractivity contribution in [1.82, 2.24) is 0 Å². The van der Waals surface area contributed by atoms with E-state index in [1.807, 2.05) is 0 Å². The highest BCUT2D eigenvalue weighted by Crippen LogP contribution is 2.65. The van der Waals surface area contributed by atoms with Gasteiger partial charge in [0.15, 0.2) is 0 Å². The number of amides is 2. The lowest BCUT2D eigenvalue weighted by Gasteiger charge is -2.28. The molecule has 3 aromatic rings. The number of ether oxygens (including phenoxy) is 2. The number of alkyl halides is 2. The number of carbonyl (C=O) groups excluding carboxylic acids is 3. The molecule has 0 spiro atoms. The van der Waals surface area contributed by atoms with Crippen LogP contribution in [0.3, 0.4) is 0 Å². The van der Waals surface area contributed by atoms with Gasteiger partial charge >= 0.3 is 12.1 Å². The summed E-state index contributed by atoms with van der Waals surface area (Å²) >= 11 is 32.0. The van der Waals surface area contributed by atoms with Crippen LogP contribution in [-0.2, 0) is 14.3 Å². The molecular weight excluding hydrogens is 696 g/mol. The maximum atomic E-state index is 13.4. The largest absolute Gasteiger partial charge is 0.464 e. The summed E-state index contributed by atoms with van der Waals surface area (Å²) in [6.07, 6.45) is -0.596. The first-order chi connectivity index (χ1) is 21.5. The number of anilines is 3. The zero-order valence-electron chi connectivity index (χ0n) is 25.9. The SMILES string of the molecule is CC(=O)OCCN(C(=O)OC(C)(C)C)c1ccc(NC(=O)c2cc(NCC3C(c4cc(Cl)cc(Cl)c4)C3(Cl)Cl)ccc2Cl)c(C)c1. The Labute approximate surface area is 293 Å². The summed E-state index contributed by atoms with van der Waals surface area (Å²) in [7, 11) is 0. The number of benzene rings is 3. The van der Waals surface area contributed by atoms with Gasteiger partial charge in [0.05, 0.1) is 17.1 Å². The van der Waals surface area contributed by atoms with E-state index in [1.165, 1.54) is 11.8 Å². The Hall–Kier alpha value is -2.88. The molecule has 2 N–H and O–H groups in total. The summed E-state index contributed by atoms with van der Waals surface area (Å²) < 4.78 is 9.59. The van der Waals surface area contributed by atoms with Crippen molar-refractivity contribution in [3.8, 4) is 0 Å². The van der Waals surface area contributed by atoms with Crippen molar-refractivity contribution >= 4 is 93.0 Å². The molecule has 46 heavy (non-hydrogen) atoms. The van der Waals surface area contributed by atoms with Gasteiger partial charge in [-0.3, -0.25) is 14.5 Å². The predicted molar refractivity (Wildman–Crippen MR) is 186 cm³/mol. The second-order valence-electron chi connectivity index (χ2n) is 12.0. The number of rotatable bonds is 10. The summed E-state index contributed by atoms with van der Waals surface area (Å²) in [6.45, 7) is 8.87. The number of aryl methyl sites for hydroxylation is 1. The highest BCUT2D eigenvalue weighted by Gasteiger charge is 2.63.